The number of anilines is 1. The molecule has 1 aromatic carbocycles. The van der Waals surface area contributed by atoms with E-state index in [0.29, 0.717) is 17.5 Å². The number of para-hydroxylation sites is 1. The molecule has 21 heavy (non-hydrogen) atoms. The van der Waals surface area contributed by atoms with Gasteiger partial charge in [0.2, 0.25) is 0 Å². The number of rotatable bonds is 0. The quantitative estimate of drug-likeness (QED) is 0.732. The van der Waals surface area contributed by atoms with Crippen molar-refractivity contribution in [3.63, 3.8) is 0 Å². The van der Waals surface area contributed by atoms with Crippen LogP contribution >= 0.6 is 0 Å². The molecular formula is C19H24N2. The minimum atomic E-state index is 0.452. The predicted octanol–water partition coefficient (Wildman–Crippen LogP) is 3.45. The van der Waals surface area contributed by atoms with Crippen LogP contribution in [0.2, 0.25) is 0 Å². The van der Waals surface area contributed by atoms with Gasteiger partial charge in [-0.25, -0.2) is 0 Å². The van der Waals surface area contributed by atoms with Crippen molar-refractivity contribution in [2.45, 2.75) is 44.7 Å². The lowest BCUT2D eigenvalue weighted by atomic mass is 9.56. The average molecular weight is 280 g/mol. The summed E-state index contributed by atoms with van der Waals surface area (Å²) in [6.07, 6.45) is 7.80. The summed E-state index contributed by atoms with van der Waals surface area (Å²) in [4.78, 5) is 2.79. The smallest absolute Gasteiger partial charge is 0.0389 e. The Morgan fingerprint density at radius 3 is 3.10 bits per heavy atom. The van der Waals surface area contributed by atoms with E-state index in [-0.39, 0.29) is 0 Å². The third-order valence-corrected chi connectivity index (χ3v) is 6.74. The highest BCUT2D eigenvalue weighted by atomic mass is 15.2. The van der Waals surface area contributed by atoms with Gasteiger partial charge in [0.1, 0.15) is 0 Å². The van der Waals surface area contributed by atoms with Crippen molar-refractivity contribution >= 4 is 5.69 Å². The van der Waals surface area contributed by atoms with Gasteiger partial charge in [-0.3, -0.25) is 4.90 Å². The van der Waals surface area contributed by atoms with Gasteiger partial charge in [0, 0.05) is 23.2 Å². The SMILES string of the molecule is C/C=C1\[C@@H]2CCN3CC[C@@]4(Cc5ccccc5N[C@@H]4C2)[C@@H]13. The van der Waals surface area contributed by atoms with E-state index < -0.39 is 0 Å². The molecule has 3 heterocycles. The van der Waals surface area contributed by atoms with E-state index in [2.05, 4.69) is 47.5 Å². The second-order valence-corrected chi connectivity index (χ2v) is 7.46. The van der Waals surface area contributed by atoms with Crippen LogP contribution in [0.15, 0.2) is 35.9 Å². The molecule has 1 aromatic rings. The van der Waals surface area contributed by atoms with E-state index in [0.717, 1.165) is 5.92 Å². The number of benzene rings is 1. The highest BCUT2D eigenvalue weighted by Gasteiger charge is 2.60. The van der Waals surface area contributed by atoms with Crippen LogP contribution in [0.3, 0.4) is 0 Å². The Bertz CT molecular complexity index is 620. The summed E-state index contributed by atoms with van der Waals surface area (Å²) in [5, 5.41) is 3.94. The molecule has 2 bridgehead atoms. The maximum absolute atomic E-state index is 3.94. The molecule has 110 valence electrons. The highest BCUT2D eigenvalue weighted by Crippen LogP contribution is 2.58. The highest BCUT2D eigenvalue weighted by molar-refractivity contribution is 5.57. The molecule has 4 atom stereocenters. The third-order valence-electron chi connectivity index (χ3n) is 6.74. The van der Waals surface area contributed by atoms with Crippen LogP contribution < -0.4 is 5.32 Å². The molecule has 1 N–H and O–H groups in total. The molecule has 1 aliphatic carbocycles. The normalized spacial score (nSPS) is 42.3. The fraction of sp³-hybridized carbons (Fsp3) is 0.579. The molecule has 2 nitrogen and oxygen atoms in total. The standard InChI is InChI=1S/C19H24N2/c1-2-15-13-7-9-21-10-8-19(18(15)21)12-14-5-3-4-6-16(14)20-17(19)11-13/h2-6,13,17-18,20H,7-12H2,1H3/b15-2+/t13-,17-,18-,19+/m1/s1. The van der Waals surface area contributed by atoms with Crippen molar-refractivity contribution in [2.75, 3.05) is 18.4 Å². The number of hydrogen-bond acceptors (Lipinski definition) is 2. The van der Waals surface area contributed by atoms with Crippen LogP contribution in [0.1, 0.15) is 31.7 Å². The maximum Gasteiger partial charge on any atom is 0.0389 e. The molecule has 3 fully saturated rings. The first kappa shape index (κ1) is 12.3. The molecule has 0 amide bonds. The molecule has 1 spiro atoms. The van der Waals surface area contributed by atoms with Crippen LogP contribution in [-0.2, 0) is 6.42 Å². The van der Waals surface area contributed by atoms with E-state index in [1.165, 1.54) is 50.0 Å². The first-order valence-corrected chi connectivity index (χ1v) is 8.56. The summed E-state index contributed by atoms with van der Waals surface area (Å²) in [5.41, 5.74) is 5.15. The zero-order chi connectivity index (χ0) is 14.0. The van der Waals surface area contributed by atoms with Crippen molar-refractivity contribution in [1.82, 2.24) is 4.90 Å². The molecule has 3 aliphatic heterocycles. The monoisotopic (exact) mass is 280 g/mol. The Hall–Kier alpha value is -1.28. The predicted molar refractivity (Wildman–Crippen MR) is 86.4 cm³/mol. The lowest BCUT2D eigenvalue weighted by Gasteiger charge is -2.57. The summed E-state index contributed by atoms with van der Waals surface area (Å²) < 4.78 is 0. The Balaban J connectivity index is 1.66. The zero-order valence-electron chi connectivity index (χ0n) is 12.8. The molecule has 4 aliphatic rings. The number of nitrogens with one attached hydrogen (secondary N) is 1. The fourth-order valence-electron chi connectivity index (χ4n) is 5.88. The van der Waals surface area contributed by atoms with E-state index in [9.17, 15) is 0 Å². The van der Waals surface area contributed by atoms with Gasteiger partial charge in [-0.15, -0.1) is 0 Å². The van der Waals surface area contributed by atoms with Gasteiger partial charge in [-0.1, -0.05) is 29.8 Å². The Kier molecular flexibility index (Phi) is 2.42. The van der Waals surface area contributed by atoms with Crippen molar-refractivity contribution in [3.05, 3.63) is 41.5 Å². The molecule has 0 radical (unpaired) electrons. The molecule has 5 rings (SSSR count). The second kappa shape index (κ2) is 4.13. The van der Waals surface area contributed by atoms with Gasteiger partial charge in [0.25, 0.3) is 0 Å². The second-order valence-electron chi connectivity index (χ2n) is 7.46. The van der Waals surface area contributed by atoms with Gasteiger partial charge in [0.05, 0.1) is 0 Å². The number of allylic oxidation sites excluding steroid dienone is 1. The minimum absolute atomic E-state index is 0.452. The molecular weight excluding hydrogens is 256 g/mol. The number of nitrogens with zero attached hydrogens (tertiary/aromatic N) is 1. The Morgan fingerprint density at radius 1 is 1.29 bits per heavy atom. The lowest BCUT2D eigenvalue weighted by Crippen LogP contribution is -2.61. The van der Waals surface area contributed by atoms with E-state index in [1.807, 2.05) is 0 Å². The molecule has 0 aromatic heterocycles. The van der Waals surface area contributed by atoms with Crippen molar-refractivity contribution < 1.29 is 0 Å². The molecule has 1 saturated carbocycles. The third kappa shape index (κ3) is 1.47. The number of hydrogen-bond donors (Lipinski definition) is 1. The largest absolute Gasteiger partial charge is 0.381 e. The van der Waals surface area contributed by atoms with Crippen molar-refractivity contribution in [1.29, 1.82) is 0 Å². The summed E-state index contributed by atoms with van der Waals surface area (Å²) in [6.45, 7) is 4.89. The first-order valence-electron chi connectivity index (χ1n) is 8.56. The van der Waals surface area contributed by atoms with E-state index >= 15 is 0 Å². The van der Waals surface area contributed by atoms with E-state index in [4.69, 9.17) is 0 Å². The van der Waals surface area contributed by atoms with Gasteiger partial charge in [-0.2, -0.15) is 0 Å². The van der Waals surface area contributed by atoms with E-state index in [1.54, 1.807) is 5.57 Å². The number of fused-ring (bicyclic) bond motifs is 2. The summed E-state index contributed by atoms with van der Waals surface area (Å²) in [5.74, 6) is 0.824. The van der Waals surface area contributed by atoms with Gasteiger partial charge in [0.15, 0.2) is 0 Å². The first-order chi connectivity index (χ1) is 10.3. The van der Waals surface area contributed by atoms with Crippen LogP contribution in [0.25, 0.3) is 0 Å². The lowest BCUT2D eigenvalue weighted by molar-refractivity contribution is 0.0669. The van der Waals surface area contributed by atoms with Gasteiger partial charge in [-0.05, 0) is 63.2 Å². The molecule has 2 heteroatoms. The summed E-state index contributed by atoms with van der Waals surface area (Å²) in [7, 11) is 0. The fourth-order valence-corrected chi connectivity index (χ4v) is 5.88. The van der Waals surface area contributed by atoms with Crippen LogP contribution in [0, 0.1) is 11.3 Å². The van der Waals surface area contributed by atoms with Gasteiger partial charge < -0.3 is 5.32 Å². The minimum Gasteiger partial charge on any atom is -0.381 e. The Labute approximate surface area is 127 Å². The zero-order valence-corrected chi connectivity index (χ0v) is 12.8. The topological polar surface area (TPSA) is 15.3 Å². The number of piperidine rings is 1. The van der Waals surface area contributed by atoms with Crippen LogP contribution in [-0.4, -0.2) is 30.1 Å². The van der Waals surface area contributed by atoms with Crippen molar-refractivity contribution in [2.24, 2.45) is 11.3 Å². The summed E-state index contributed by atoms with van der Waals surface area (Å²) >= 11 is 0. The molecule has 2 saturated heterocycles. The van der Waals surface area contributed by atoms with Gasteiger partial charge >= 0.3 is 0 Å². The summed E-state index contributed by atoms with van der Waals surface area (Å²) in [6, 6.07) is 10.4. The molecule has 0 unspecified atom stereocenters. The van der Waals surface area contributed by atoms with Crippen LogP contribution in [0.4, 0.5) is 5.69 Å². The Morgan fingerprint density at radius 2 is 2.19 bits per heavy atom. The average Bonchev–Trinajstić information content (AvgIpc) is 2.91. The van der Waals surface area contributed by atoms with Crippen LogP contribution in [0.5, 0.6) is 0 Å². The maximum atomic E-state index is 3.94. The van der Waals surface area contributed by atoms with Crippen molar-refractivity contribution in [3.8, 4) is 0 Å².